The predicted octanol–water partition coefficient (Wildman–Crippen LogP) is 4.22. The molecule has 3 rings (SSSR count). The fourth-order valence-electron chi connectivity index (χ4n) is 2.62. The summed E-state index contributed by atoms with van der Waals surface area (Å²) in [5.74, 6) is -0.437. The number of nitrogens with zero attached hydrogens (tertiary/aromatic N) is 3. The number of nitrogens with one attached hydrogen (secondary N) is 2. The first-order valence-corrected chi connectivity index (χ1v) is 9.31. The average Bonchev–Trinajstić information content (AvgIpc) is 2.67. The van der Waals surface area contributed by atoms with Gasteiger partial charge in [-0.3, -0.25) is 10.1 Å². The summed E-state index contributed by atoms with van der Waals surface area (Å²) < 4.78 is 20.2. The van der Waals surface area contributed by atoms with Crippen LogP contribution in [-0.4, -0.2) is 38.7 Å². The number of benzene rings is 2. The zero-order valence-electron chi connectivity index (χ0n) is 15.4. The van der Waals surface area contributed by atoms with Gasteiger partial charge >= 0.3 is 11.8 Å². The number of aromatic nitrogens is 2. The van der Waals surface area contributed by atoms with Gasteiger partial charge in [0, 0.05) is 16.6 Å². The summed E-state index contributed by atoms with van der Waals surface area (Å²) in [6, 6.07) is 6.38. The molecule has 10 nitrogen and oxygen atoms in total. The Kier molecular flexibility index (Phi) is 6.26. The molecule has 0 spiro atoms. The fraction of sp³-hybridized carbons (Fsp3) is 0.167. The van der Waals surface area contributed by atoms with Crippen molar-refractivity contribution in [3.8, 4) is 5.75 Å². The van der Waals surface area contributed by atoms with Crippen molar-refractivity contribution in [3.05, 3.63) is 57.1 Å². The maximum Gasteiger partial charge on any atom is 0.404 e. The van der Waals surface area contributed by atoms with Crippen LogP contribution >= 0.6 is 15.9 Å². The molecule has 1 heterocycles. The molecule has 3 N–H and O–H groups in total. The molecule has 3 aromatic rings. The SMILES string of the molecule is CC(COc1cc2ncnc(Nc3ccc(Br)cc3F)c2cc1[N+](=O)[O-])NC(=O)O. The molecule has 12 heteroatoms. The molecule has 0 saturated carbocycles. The Morgan fingerprint density at radius 2 is 2.13 bits per heavy atom. The minimum absolute atomic E-state index is 0.0778. The summed E-state index contributed by atoms with van der Waals surface area (Å²) in [6.07, 6.45) is -0.00574. The van der Waals surface area contributed by atoms with Gasteiger partial charge < -0.3 is 20.5 Å². The van der Waals surface area contributed by atoms with Gasteiger partial charge in [0.05, 0.1) is 27.6 Å². The van der Waals surface area contributed by atoms with Gasteiger partial charge in [0.2, 0.25) is 0 Å². The minimum atomic E-state index is -1.23. The number of anilines is 2. The number of hydrogen-bond acceptors (Lipinski definition) is 7. The van der Waals surface area contributed by atoms with Gasteiger partial charge in [0.1, 0.15) is 24.6 Å². The molecule has 2 aromatic carbocycles. The first-order valence-electron chi connectivity index (χ1n) is 8.52. The van der Waals surface area contributed by atoms with Crippen molar-refractivity contribution < 1.29 is 24.0 Å². The Hall–Kier alpha value is -3.54. The van der Waals surface area contributed by atoms with Crippen LogP contribution in [0.3, 0.4) is 0 Å². The van der Waals surface area contributed by atoms with Crippen molar-refractivity contribution in [1.29, 1.82) is 0 Å². The van der Waals surface area contributed by atoms with Crippen LogP contribution in [0, 0.1) is 15.9 Å². The highest BCUT2D eigenvalue weighted by Gasteiger charge is 2.20. The molecular formula is C18H15BrFN5O5. The van der Waals surface area contributed by atoms with E-state index in [0.29, 0.717) is 9.99 Å². The van der Waals surface area contributed by atoms with Crippen LogP contribution in [0.2, 0.25) is 0 Å². The number of amides is 1. The standard InChI is InChI=1S/C18H15BrFN5O5/c1-9(23-18(26)27)7-30-16-6-14-11(5-15(16)25(28)29)17(22-8-21-14)24-13-3-2-10(19)4-12(13)20/h2-6,8-9,23H,7H2,1H3,(H,26,27)(H,21,22,24). The largest absolute Gasteiger partial charge is 0.485 e. The highest BCUT2D eigenvalue weighted by Crippen LogP contribution is 2.35. The lowest BCUT2D eigenvalue weighted by atomic mass is 10.2. The van der Waals surface area contributed by atoms with E-state index < -0.39 is 22.9 Å². The smallest absolute Gasteiger partial charge is 0.404 e. The third-order valence-corrected chi connectivity index (χ3v) is 4.45. The van der Waals surface area contributed by atoms with E-state index in [9.17, 15) is 19.3 Å². The zero-order valence-corrected chi connectivity index (χ0v) is 17.0. The Bertz CT molecular complexity index is 1130. The van der Waals surface area contributed by atoms with Crippen LogP contribution in [0.5, 0.6) is 5.75 Å². The van der Waals surface area contributed by atoms with E-state index in [-0.39, 0.29) is 34.9 Å². The number of ether oxygens (including phenoxy) is 1. The summed E-state index contributed by atoms with van der Waals surface area (Å²) in [5.41, 5.74) is 0.0957. The monoisotopic (exact) mass is 479 g/mol. The maximum absolute atomic E-state index is 14.2. The predicted molar refractivity (Wildman–Crippen MR) is 110 cm³/mol. The lowest BCUT2D eigenvalue weighted by Gasteiger charge is -2.14. The molecule has 156 valence electrons. The Morgan fingerprint density at radius 3 is 2.80 bits per heavy atom. The summed E-state index contributed by atoms with van der Waals surface area (Å²) >= 11 is 3.17. The van der Waals surface area contributed by atoms with Crippen LogP contribution in [0.15, 0.2) is 41.1 Å². The number of carboxylic acid groups (broad SMARTS) is 1. The number of rotatable bonds is 7. The van der Waals surface area contributed by atoms with Crippen molar-refractivity contribution in [2.24, 2.45) is 0 Å². The Labute approximate surface area is 177 Å². The Morgan fingerprint density at radius 1 is 1.37 bits per heavy atom. The fourth-order valence-corrected chi connectivity index (χ4v) is 2.95. The van der Waals surface area contributed by atoms with E-state index >= 15 is 0 Å². The van der Waals surface area contributed by atoms with Crippen molar-refractivity contribution in [2.45, 2.75) is 13.0 Å². The lowest BCUT2D eigenvalue weighted by molar-refractivity contribution is -0.385. The second-order valence-corrected chi connectivity index (χ2v) is 7.14. The van der Waals surface area contributed by atoms with E-state index in [2.05, 4.69) is 36.5 Å². The van der Waals surface area contributed by atoms with Gasteiger partial charge in [0.25, 0.3) is 0 Å². The molecule has 1 atom stereocenters. The highest BCUT2D eigenvalue weighted by atomic mass is 79.9. The van der Waals surface area contributed by atoms with Crippen LogP contribution in [0.25, 0.3) is 10.9 Å². The molecule has 1 unspecified atom stereocenters. The first-order chi connectivity index (χ1) is 14.2. The summed E-state index contributed by atoms with van der Waals surface area (Å²) in [6.45, 7) is 1.43. The van der Waals surface area contributed by atoms with Gasteiger partial charge in [0.15, 0.2) is 5.75 Å². The second-order valence-electron chi connectivity index (χ2n) is 6.23. The third kappa shape index (κ3) is 4.89. The number of nitro groups is 1. The Balaban J connectivity index is 1.97. The maximum atomic E-state index is 14.2. The summed E-state index contributed by atoms with van der Waals surface area (Å²) in [7, 11) is 0. The topological polar surface area (TPSA) is 140 Å². The number of nitro benzene ring substituents is 1. The minimum Gasteiger partial charge on any atom is -0.485 e. The van der Waals surface area contributed by atoms with E-state index in [0.717, 1.165) is 0 Å². The van der Waals surface area contributed by atoms with Gasteiger partial charge in [-0.1, -0.05) is 15.9 Å². The molecule has 0 aliphatic carbocycles. The van der Waals surface area contributed by atoms with Gasteiger partial charge in [-0.2, -0.15) is 0 Å². The summed E-state index contributed by atoms with van der Waals surface area (Å²) in [5, 5.41) is 25.6. The molecule has 0 aliphatic rings. The molecule has 0 saturated heterocycles. The van der Waals surface area contributed by atoms with Gasteiger partial charge in [-0.15, -0.1) is 0 Å². The van der Waals surface area contributed by atoms with Gasteiger partial charge in [-0.25, -0.2) is 19.2 Å². The number of halogens is 2. The lowest BCUT2D eigenvalue weighted by Crippen LogP contribution is -2.35. The van der Waals surface area contributed by atoms with Crippen molar-refractivity contribution in [3.63, 3.8) is 0 Å². The molecule has 1 amide bonds. The normalized spacial score (nSPS) is 11.7. The van der Waals surface area contributed by atoms with E-state index in [1.165, 1.54) is 30.6 Å². The van der Waals surface area contributed by atoms with Gasteiger partial charge in [-0.05, 0) is 25.1 Å². The molecular weight excluding hydrogens is 465 g/mol. The van der Waals surface area contributed by atoms with Crippen LogP contribution in [-0.2, 0) is 0 Å². The van der Waals surface area contributed by atoms with Crippen LogP contribution in [0.1, 0.15) is 6.92 Å². The number of carbonyl (C=O) groups is 1. The highest BCUT2D eigenvalue weighted by molar-refractivity contribution is 9.10. The summed E-state index contributed by atoms with van der Waals surface area (Å²) in [4.78, 5) is 29.7. The quantitative estimate of drug-likeness (QED) is 0.338. The van der Waals surface area contributed by atoms with E-state index in [4.69, 9.17) is 9.84 Å². The van der Waals surface area contributed by atoms with Crippen molar-refractivity contribution >= 4 is 50.1 Å². The molecule has 0 fully saturated rings. The zero-order chi connectivity index (χ0) is 21.8. The number of fused-ring (bicyclic) bond motifs is 1. The van der Waals surface area contributed by atoms with E-state index in [1.54, 1.807) is 13.0 Å². The first kappa shape index (κ1) is 21.2. The van der Waals surface area contributed by atoms with E-state index in [1.807, 2.05) is 0 Å². The van der Waals surface area contributed by atoms with Crippen LogP contribution < -0.4 is 15.4 Å². The van der Waals surface area contributed by atoms with Crippen molar-refractivity contribution in [1.82, 2.24) is 15.3 Å². The molecule has 30 heavy (non-hydrogen) atoms. The second kappa shape index (κ2) is 8.86. The molecule has 0 bridgehead atoms. The van der Waals surface area contributed by atoms with Crippen molar-refractivity contribution in [2.75, 3.05) is 11.9 Å². The third-order valence-electron chi connectivity index (χ3n) is 3.96. The average molecular weight is 480 g/mol. The number of hydrogen-bond donors (Lipinski definition) is 3. The van der Waals surface area contributed by atoms with Crippen LogP contribution in [0.4, 0.5) is 26.4 Å². The molecule has 1 aromatic heterocycles. The molecule has 0 radical (unpaired) electrons. The molecule has 0 aliphatic heterocycles.